The Kier molecular flexibility index (Phi) is 3.65. The topological polar surface area (TPSA) is 78.5 Å². The highest BCUT2D eigenvalue weighted by molar-refractivity contribution is 6.19. The monoisotopic (exact) mass is 253 g/mol. The molecular formula is C12H19N3O3. The lowest BCUT2D eigenvalue weighted by molar-refractivity contribution is -0.147. The van der Waals surface area contributed by atoms with Gasteiger partial charge in [0.1, 0.15) is 5.41 Å². The summed E-state index contributed by atoms with van der Waals surface area (Å²) in [4.78, 5) is 37.1. The van der Waals surface area contributed by atoms with Crippen LogP contribution in [-0.2, 0) is 9.59 Å². The molecule has 2 rings (SSSR count). The summed E-state index contributed by atoms with van der Waals surface area (Å²) in [6.07, 6.45) is 3.24. The number of nitrogens with one attached hydrogen (secondary N) is 2. The maximum absolute atomic E-state index is 11.9. The van der Waals surface area contributed by atoms with E-state index in [1.54, 1.807) is 0 Å². The first-order chi connectivity index (χ1) is 8.58. The molecule has 4 amide bonds. The zero-order valence-electron chi connectivity index (χ0n) is 10.6. The van der Waals surface area contributed by atoms with E-state index in [9.17, 15) is 14.4 Å². The summed E-state index contributed by atoms with van der Waals surface area (Å²) in [5.74, 6) is -0.877. The molecule has 0 saturated carbocycles. The Morgan fingerprint density at radius 1 is 1.11 bits per heavy atom. The molecule has 6 nitrogen and oxygen atoms in total. The Bertz CT molecular complexity index is 351. The van der Waals surface area contributed by atoms with E-state index >= 15 is 0 Å². The van der Waals surface area contributed by atoms with Crippen LogP contribution in [0, 0.1) is 5.41 Å². The summed E-state index contributed by atoms with van der Waals surface area (Å²) in [5.41, 5.74) is -1.03. The summed E-state index contributed by atoms with van der Waals surface area (Å²) < 4.78 is 0. The first-order valence-electron chi connectivity index (χ1n) is 6.48. The number of hydrogen-bond donors (Lipinski definition) is 2. The van der Waals surface area contributed by atoms with Crippen molar-refractivity contribution in [1.82, 2.24) is 15.5 Å². The van der Waals surface area contributed by atoms with Gasteiger partial charge in [0.05, 0.1) is 0 Å². The average Bonchev–Trinajstić information content (AvgIpc) is 2.35. The fraction of sp³-hybridized carbons (Fsp3) is 0.750. The van der Waals surface area contributed by atoms with Crippen molar-refractivity contribution in [2.75, 3.05) is 19.6 Å². The molecule has 0 aromatic carbocycles. The molecule has 2 saturated heterocycles. The van der Waals surface area contributed by atoms with Crippen molar-refractivity contribution in [3.05, 3.63) is 0 Å². The minimum absolute atomic E-state index is 0.439. The van der Waals surface area contributed by atoms with Crippen LogP contribution in [0.2, 0.25) is 0 Å². The number of unbranched alkanes of at least 4 members (excludes halogenated alkanes) is 1. The number of carbonyl (C=O) groups excluding carboxylic acids is 3. The largest absolute Gasteiger partial charge is 0.328 e. The lowest BCUT2D eigenvalue weighted by Gasteiger charge is -2.40. The SMILES string of the molecule is CCCCN1CCC2(CC1)C(=O)NC(=O)NC2=O. The fourth-order valence-corrected chi connectivity index (χ4v) is 2.57. The van der Waals surface area contributed by atoms with Crippen LogP contribution < -0.4 is 10.6 Å². The van der Waals surface area contributed by atoms with Crippen molar-refractivity contribution < 1.29 is 14.4 Å². The van der Waals surface area contributed by atoms with E-state index in [1.807, 2.05) is 0 Å². The average molecular weight is 253 g/mol. The molecule has 2 aliphatic heterocycles. The number of hydrogen-bond acceptors (Lipinski definition) is 4. The highest BCUT2D eigenvalue weighted by Crippen LogP contribution is 2.33. The third kappa shape index (κ3) is 2.25. The van der Waals surface area contributed by atoms with Crippen molar-refractivity contribution in [2.45, 2.75) is 32.6 Å². The zero-order chi connectivity index (χ0) is 13.2. The Morgan fingerprint density at radius 2 is 1.67 bits per heavy atom. The maximum atomic E-state index is 11.9. The fourth-order valence-electron chi connectivity index (χ4n) is 2.57. The van der Waals surface area contributed by atoms with Gasteiger partial charge in [0.15, 0.2) is 0 Å². The van der Waals surface area contributed by atoms with Gasteiger partial charge in [-0.05, 0) is 38.9 Å². The van der Waals surface area contributed by atoms with E-state index in [2.05, 4.69) is 22.5 Å². The van der Waals surface area contributed by atoms with Crippen molar-refractivity contribution >= 4 is 17.8 Å². The Balaban J connectivity index is 2.00. The van der Waals surface area contributed by atoms with Gasteiger partial charge in [-0.25, -0.2) is 4.79 Å². The second kappa shape index (κ2) is 5.06. The third-order valence-corrected chi connectivity index (χ3v) is 3.86. The summed E-state index contributed by atoms with van der Waals surface area (Å²) >= 11 is 0. The summed E-state index contributed by atoms with van der Waals surface area (Å²) in [6.45, 7) is 4.61. The normalized spacial score (nSPS) is 23.9. The van der Waals surface area contributed by atoms with E-state index in [1.165, 1.54) is 0 Å². The molecule has 100 valence electrons. The predicted molar refractivity (Wildman–Crippen MR) is 64.7 cm³/mol. The third-order valence-electron chi connectivity index (χ3n) is 3.86. The first-order valence-corrected chi connectivity index (χ1v) is 6.48. The van der Waals surface area contributed by atoms with E-state index in [0.717, 1.165) is 32.5 Å². The molecule has 18 heavy (non-hydrogen) atoms. The predicted octanol–water partition coefficient (Wildman–Crippen LogP) is 0.235. The Hall–Kier alpha value is -1.43. The second-order valence-electron chi connectivity index (χ2n) is 5.01. The number of likely N-dealkylation sites (tertiary alicyclic amines) is 1. The molecule has 2 heterocycles. The van der Waals surface area contributed by atoms with Gasteiger partial charge in [-0.3, -0.25) is 20.2 Å². The molecule has 0 bridgehead atoms. The maximum Gasteiger partial charge on any atom is 0.328 e. The summed E-state index contributed by atoms with van der Waals surface area (Å²) in [6, 6.07) is -0.705. The van der Waals surface area contributed by atoms with Crippen molar-refractivity contribution in [1.29, 1.82) is 0 Å². The lowest BCUT2D eigenvalue weighted by Crippen LogP contribution is -2.64. The second-order valence-corrected chi connectivity index (χ2v) is 5.01. The minimum Gasteiger partial charge on any atom is -0.303 e. The van der Waals surface area contributed by atoms with Gasteiger partial charge in [-0.1, -0.05) is 13.3 Å². The van der Waals surface area contributed by atoms with Gasteiger partial charge < -0.3 is 4.90 Å². The van der Waals surface area contributed by atoms with E-state index < -0.39 is 23.3 Å². The van der Waals surface area contributed by atoms with Crippen LogP contribution in [0.1, 0.15) is 32.6 Å². The van der Waals surface area contributed by atoms with Gasteiger partial charge in [-0.15, -0.1) is 0 Å². The van der Waals surface area contributed by atoms with Crippen LogP contribution in [0.5, 0.6) is 0 Å². The molecule has 0 radical (unpaired) electrons. The molecule has 2 aliphatic rings. The lowest BCUT2D eigenvalue weighted by atomic mass is 9.75. The number of barbiturate groups is 1. The van der Waals surface area contributed by atoms with Crippen LogP contribution in [0.3, 0.4) is 0 Å². The van der Waals surface area contributed by atoms with Crippen molar-refractivity contribution in [2.24, 2.45) is 5.41 Å². The number of nitrogens with zero attached hydrogens (tertiary/aromatic N) is 1. The molecular weight excluding hydrogens is 234 g/mol. The van der Waals surface area contributed by atoms with E-state index in [-0.39, 0.29) is 0 Å². The highest BCUT2D eigenvalue weighted by Gasteiger charge is 2.51. The molecule has 6 heteroatoms. The van der Waals surface area contributed by atoms with Crippen molar-refractivity contribution in [3.63, 3.8) is 0 Å². The zero-order valence-corrected chi connectivity index (χ0v) is 10.6. The van der Waals surface area contributed by atoms with Crippen LogP contribution in [0.15, 0.2) is 0 Å². The van der Waals surface area contributed by atoms with Crippen LogP contribution >= 0.6 is 0 Å². The molecule has 1 spiro atoms. The van der Waals surface area contributed by atoms with E-state index in [4.69, 9.17) is 0 Å². The smallest absolute Gasteiger partial charge is 0.303 e. The molecule has 0 unspecified atom stereocenters. The van der Waals surface area contributed by atoms with Crippen molar-refractivity contribution in [3.8, 4) is 0 Å². The quantitative estimate of drug-likeness (QED) is 0.706. The van der Waals surface area contributed by atoms with E-state index in [0.29, 0.717) is 12.8 Å². The number of rotatable bonds is 3. The number of amides is 4. The molecule has 0 aliphatic carbocycles. The minimum atomic E-state index is -1.03. The number of imide groups is 2. The van der Waals surface area contributed by atoms with Gasteiger partial charge >= 0.3 is 6.03 Å². The van der Waals surface area contributed by atoms with Crippen LogP contribution in [0.4, 0.5) is 4.79 Å². The number of piperidine rings is 1. The first kappa shape index (κ1) is 13.0. The van der Waals surface area contributed by atoms with Gasteiger partial charge in [0.25, 0.3) is 0 Å². The van der Waals surface area contributed by atoms with Gasteiger partial charge in [-0.2, -0.15) is 0 Å². The number of urea groups is 1. The summed E-state index contributed by atoms with van der Waals surface area (Å²) in [5, 5.41) is 4.40. The van der Waals surface area contributed by atoms with Crippen LogP contribution in [0.25, 0.3) is 0 Å². The highest BCUT2D eigenvalue weighted by atomic mass is 16.2. The molecule has 2 N–H and O–H groups in total. The van der Waals surface area contributed by atoms with Gasteiger partial charge in [0.2, 0.25) is 11.8 Å². The number of carbonyl (C=O) groups is 3. The molecule has 0 aromatic rings. The Labute approximate surface area is 106 Å². The Morgan fingerprint density at radius 3 is 2.17 bits per heavy atom. The molecule has 2 fully saturated rings. The molecule has 0 aromatic heterocycles. The van der Waals surface area contributed by atoms with Crippen LogP contribution in [-0.4, -0.2) is 42.4 Å². The standard InChI is InChI=1S/C12H19N3O3/c1-2-3-6-15-7-4-12(5-8-15)9(16)13-11(18)14-10(12)17/h2-8H2,1H3,(H2,13,14,16,17,18). The molecule has 0 atom stereocenters. The van der Waals surface area contributed by atoms with Gasteiger partial charge in [0, 0.05) is 0 Å². The summed E-state index contributed by atoms with van der Waals surface area (Å²) in [7, 11) is 0.